The lowest BCUT2D eigenvalue weighted by Crippen LogP contribution is -2.19. The molecule has 2 aromatic carbocycles. The van der Waals surface area contributed by atoms with Crippen molar-refractivity contribution in [3.63, 3.8) is 0 Å². The number of aromatic nitrogens is 2. The number of hydrogen-bond donors (Lipinski definition) is 0. The maximum absolute atomic E-state index is 5.04. The Balaban J connectivity index is 1.74. The lowest BCUT2D eigenvalue weighted by Gasteiger charge is -2.28. The number of rotatable bonds is 5. The van der Waals surface area contributed by atoms with E-state index >= 15 is 0 Å². The van der Waals surface area contributed by atoms with Gasteiger partial charge in [0.2, 0.25) is 0 Å². The fourth-order valence-electron chi connectivity index (χ4n) is 4.82. The second-order valence-electron chi connectivity index (χ2n) is 8.52. The second kappa shape index (κ2) is 8.34. The topological polar surface area (TPSA) is 17.8 Å². The molecule has 3 aromatic rings. The average molecular weight is 373 g/mol. The summed E-state index contributed by atoms with van der Waals surface area (Å²) in [6.45, 7) is 7.70. The Morgan fingerprint density at radius 1 is 0.857 bits per heavy atom. The third kappa shape index (κ3) is 3.92. The van der Waals surface area contributed by atoms with Crippen molar-refractivity contribution in [3.8, 4) is 22.4 Å². The van der Waals surface area contributed by atoms with Gasteiger partial charge in [-0.25, -0.2) is 0 Å². The fraction of sp³-hybridized carbons (Fsp3) is 0.423. The van der Waals surface area contributed by atoms with Crippen LogP contribution in [0.15, 0.2) is 54.6 Å². The van der Waals surface area contributed by atoms with Gasteiger partial charge in [-0.2, -0.15) is 5.10 Å². The van der Waals surface area contributed by atoms with E-state index in [1.165, 1.54) is 60.1 Å². The third-order valence-electron chi connectivity index (χ3n) is 6.46. The summed E-state index contributed by atoms with van der Waals surface area (Å²) in [5.41, 5.74) is 7.53. The summed E-state index contributed by atoms with van der Waals surface area (Å²) in [7, 11) is 0. The zero-order valence-corrected chi connectivity index (χ0v) is 17.5. The zero-order chi connectivity index (χ0) is 19.5. The first-order valence-corrected chi connectivity index (χ1v) is 10.9. The summed E-state index contributed by atoms with van der Waals surface area (Å²) in [6, 6.07) is 19.6. The Morgan fingerprint density at radius 2 is 1.54 bits per heavy atom. The summed E-state index contributed by atoms with van der Waals surface area (Å²) >= 11 is 0. The van der Waals surface area contributed by atoms with E-state index in [2.05, 4.69) is 80.1 Å². The first-order chi connectivity index (χ1) is 13.7. The normalized spacial score (nSPS) is 19.7. The van der Waals surface area contributed by atoms with Crippen molar-refractivity contribution in [3.05, 3.63) is 65.9 Å². The molecule has 1 fully saturated rings. The highest BCUT2D eigenvalue weighted by Crippen LogP contribution is 2.37. The number of aryl methyl sites for hydroxylation is 2. The van der Waals surface area contributed by atoms with E-state index in [9.17, 15) is 0 Å². The summed E-state index contributed by atoms with van der Waals surface area (Å²) in [6.07, 6.45) is 6.77. The van der Waals surface area contributed by atoms with Gasteiger partial charge in [-0.1, -0.05) is 86.3 Å². The Labute approximate surface area is 169 Å². The van der Waals surface area contributed by atoms with Crippen LogP contribution in [0.5, 0.6) is 0 Å². The molecule has 1 saturated carbocycles. The molecule has 2 nitrogen and oxygen atoms in total. The number of hydrogen-bond acceptors (Lipinski definition) is 1. The first kappa shape index (κ1) is 19.0. The van der Waals surface area contributed by atoms with Crippen LogP contribution in [0, 0.1) is 25.7 Å². The molecule has 0 spiro atoms. The molecule has 2 heteroatoms. The van der Waals surface area contributed by atoms with E-state index in [1.54, 1.807) is 0 Å². The van der Waals surface area contributed by atoms with Gasteiger partial charge in [-0.05, 0) is 44.1 Å². The van der Waals surface area contributed by atoms with E-state index in [-0.39, 0.29) is 0 Å². The van der Waals surface area contributed by atoms with Crippen LogP contribution >= 0.6 is 0 Å². The predicted octanol–water partition coefficient (Wildman–Crippen LogP) is 7.05. The van der Waals surface area contributed by atoms with Gasteiger partial charge >= 0.3 is 0 Å². The Hall–Kier alpha value is -2.35. The smallest absolute Gasteiger partial charge is 0.0763 e. The minimum Gasteiger partial charge on any atom is -0.264 e. The van der Waals surface area contributed by atoms with Crippen LogP contribution in [-0.2, 0) is 6.54 Å². The molecule has 4 rings (SSSR count). The zero-order valence-electron chi connectivity index (χ0n) is 17.5. The SMILES string of the molecule is CCC1CCC(Cn2nc(C)c(-c3cccc(C)c3)c2-c2ccccc2)CC1. The third-order valence-corrected chi connectivity index (χ3v) is 6.46. The summed E-state index contributed by atoms with van der Waals surface area (Å²) < 4.78 is 2.30. The minimum atomic E-state index is 0.745. The van der Waals surface area contributed by atoms with Gasteiger partial charge < -0.3 is 0 Å². The molecule has 0 N–H and O–H groups in total. The molecule has 0 bridgehead atoms. The minimum absolute atomic E-state index is 0.745. The van der Waals surface area contributed by atoms with Gasteiger partial charge in [-0.15, -0.1) is 0 Å². The average Bonchev–Trinajstić information content (AvgIpc) is 3.05. The van der Waals surface area contributed by atoms with Gasteiger partial charge in [0.15, 0.2) is 0 Å². The number of benzene rings is 2. The van der Waals surface area contributed by atoms with Crippen LogP contribution < -0.4 is 0 Å². The molecule has 1 aliphatic rings. The molecule has 0 amide bonds. The molecule has 1 aromatic heterocycles. The van der Waals surface area contributed by atoms with Gasteiger partial charge in [0.05, 0.1) is 11.4 Å². The molecule has 1 aliphatic carbocycles. The van der Waals surface area contributed by atoms with Crippen molar-refractivity contribution in [2.24, 2.45) is 11.8 Å². The summed E-state index contributed by atoms with van der Waals surface area (Å²) in [5.74, 6) is 1.68. The van der Waals surface area contributed by atoms with Crippen molar-refractivity contribution in [2.75, 3.05) is 0 Å². The van der Waals surface area contributed by atoms with Gasteiger partial charge in [0, 0.05) is 17.7 Å². The lowest BCUT2D eigenvalue weighted by molar-refractivity contribution is 0.242. The maximum atomic E-state index is 5.04. The van der Waals surface area contributed by atoms with Crippen molar-refractivity contribution in [2.45, 2.75) is 59.4 Å². The van der Waals surface area contributed by atoms with Crippen molar-refractivity contribution >= 4 is 0 Å². The van der Waals surface area contributed by atoms with Crippen LogP contribution in [0.4, 0.5) is 0 Å². The molecule has 0 unspecified atom stereocenters. The van der Waals surface area contributed by atoms with Crippen LogP contribution in [0.1, 0.15) is 50.3 Å². The monoisotopic (exact) mass is 372 g/mol. The summed E-state index contributed by atoms with van der Waals surface area (Å²) in [4.78, 5) is 0. The predicted molar refractivity (Wildman–Crippen MR) is 118 cm³/mol. The van der Waals surface area contributed by atoms with E-state index < -0.39 is 0 Å². The lowest BCUT2D eigenvalue weighted by atomic mass is 9.81. The molecule has 0 atom stereocenters. The van der Waals surface area contributed by atoms with Crippen LogP contribution in [0.3, 0.4) is 0 Å². The van der Waals surface area contributed by atoms with Gasteiger partial charge in [0.25, 0.3) is 0 Å². The number of nitrogens with zero attached hydrogens (tertiary/aromatic N) is 2. The standard InChI is InChI=1S/C26H32N2/c1-4-21-13-15-22(16-14-21)18-28-26(23-10-6-5-7-11-23)25(20(3)27-28)24-12-8-9-19(2)17-24/h5-12,17,21-22H,4,13-16,18H2,1-3H3. The summed E-state index contributed by atoms with van der Waals surface area (Å²) in [5, 5.41) is 5.04. The quantitative estimate of drug-likeness (QED) is 0.469. The van der Waals surface area contributed by atoms with E-state index in [0.29, 0.717) is 0 Å². The molecule has 0 radical (unpaired) electrons. The van der Waals surface area contributed by atoms with Crippen molar-refractivity contribution in [1.82, 2.24) is 9.78 Å². The molecular formula is C26H32N2. The molecule has 28 heavy (non-hydrogen) atoms. The van der Waals surface area contributed by atoms with Crippen molar-refractivity contribution in [1.29, 1.82) is 0 Å². The van der Waals surface area contributed by atoms with Crippen LogP contribution in [0.2, 0.25) is 0 Å². The Bertz CT molecular complexity index is 915. The molecular weight excluding hydrogens is 340 g/mol. The fourth-order valence-corrected chi connectivity index (χ4v) is 4.82. The van der Waals surface area contributed by atoms with Crippen LogP contribution in [-0.4, -0.2) is 9.78 Å². The van der Waals surface area contributed by atoms with Crippen molar-refractivity contribution < 1.29 is 0 Å². The molecule has 1 heterocycles. The Morgan fingerprint density at radius 3 is 2.21 bits per heavy atom. The van der Waals surface area contributed by atoms with Gasteiger partial charge in [0.1, 0.15) is 0 Å². The highest BCUT2D eigenvalue weighted by Gasteiger charge is 2.24. The van der Waals surface area contributed by atoms with E-state index in [1.807, 2.05) is 0 Å². The maximum Gasteiger partial charge on any atom is 0.0763 e. The first-order valence-electron chi connectivity index (χ1n) is 10.9. The van der Waals surface area contributed by atoms with E-state index in [0.717, 1.165) is 24.1 Å². The van der Waals surface area contributed by atoms with Crippen LogP contribution in [0.25, 0.3) is 22.4 Å². The van der Waals surface area contributed by atoms with E-state index in [4.69, 9.17) is 5.10 Å². The van der Waals surface area contributed by atoms with Gasteiger partial charge in [-0.3, -0.25) is 4.68 Å². The largest absolute Gasteiger partial charge is 0.264 e. The highest BCUT2D eigenvalue weighted by molar-refractivity contribution is 5.83. The Kier molecular flexibility index (Phi) is 5.66. The molecule has 146 valence electrons. The molecule has 0 aliphatic heterocycles. The highest BCUT2D eigenvalue weighted by atomic mass is 15.3. The second-order valence-corrected chi connectivity index (χ2v) is 8.52. The molecule has 0 saturated heterocycles.